The Morgan fingerprint density at radius 2 is 1.88 bits per heavy atom. The molecule has 184 valence electrons. The minimum absolute atomic E-state index is 0.0687. The van der Waals surface area contributed by atoms with Crippen LogP contribution in [0.15, 0.2) is 40.6 Å². The summed E-state index contributed by atoms with van der Waals surface area (Å²) in [5, 5.41) is 19.2. The SMILES string of the molecule is CCC(CC)O[C@@H]1C=C(C(=O)O)C[C@H](NCc2c(F)cc(-c3ccsc3)cc2F)[C@H]1NC(C)=O. The number of halogens is 2. The number of ether oxygens (including phenoxy) is 1. The van der Waals surface area contributed by atoms with Crippen LogP contribution in [-0.2, 0) is 20.9 Å². The zero-order valence-corrected chi connectivity index (χ0v) is 20.3. The molecule has 1 heterocycles. The van der Waals surface area contributed by atoms with Crippen LogP contribution in [-0.4, -0.2) is 41.3 Å². The first-order chi connectivity index (χ1) is 16.2. The maximum absolute atomic E-state index is 14.8. The fourth-order valence-electron chi connectivity index (χ4n) is 4.17. The molecule has 6 nitrogen and oxygen atoms in total. The number of hydrogen-bond acceptors (Lipinski definition) is 5. The second-order valence-electron chi connectivity index (χ2n) is 8.38. The van der Waals surface area contributed by atoms with Gasteiger partial charge in [-0.05, 0) is 65.4 Å². The van der Waals surface area contributed by atoms with Gasteiger partial charge in [0.05, 0.1) is 18.2 Å². The van der Waals surface area contributed by atoms with Gasteiger partial charge >= 0.3 is 5.97 Å². The molecule has 0 saturated heterocycles. The second kappa shape index (κ2) is 11.7. The minimum atomic E-state index is -1.09. The van der Waals surface area contributed by atoms with Crippen molar-refractivity contribution in [2.75, 3.05) is 0 Å². The predicted octanol–water partition coefficient (Wildman–Crippen LogP) is 4.64. The normalized spacial score (nSPS) is 20.3. The largest absolute Gasteiger partial charge is 0.478 e. The molecule has 0 spiro atoms. The molecule has 1 aliphatic carbocycles. The molecule has 1 aromatic heterocycles. The van der Waals surface area contributed by atoms with E-state index in [1.54, 1.807) is 6.07 Å². The van der Waals surface area contributed by atoms with Crippen molar-refractivity contribution in [3.63, 3.8) is 0 Å². The smallest absolute Gasteiger partial charge is 0.331 e. The van der Waals surface area contributed by atoms with E-state index < -0.39 is 35.8 Å². The molecular weight excluding hydrogens is 462 g/mol. The molecule has 3 rings (SSSR count). The highest BCUT2D eigenvalue weighted by atomic mass is 32.1. The number of carbonyl (C=O) groups excluding carboxylic acids is 1. The first-order valence-electron chi connectivity index (χ1n) is 11.3. The standard InChI is InChI=1S/C25H30F2N2O4S/c1-4-18(5-2)33-23-11-17(25(31)32)10-22(24(23)29-14(3)30)28-12-19-20(26)8-16(9-21(19)27)15-6-7-34-13-15/h6-9,11,13,18,22-24,28H,4-5,10,12H2,1-3H3,(H,29,30)(H,31,32)/t22-,23+,24+/m0/s1. The van der Waals surface area contributed by atoms with Crippen LogP contribution in [0.5, 0.6) is 0 Å². The molecule has 0 saturated carbocycles. The quantitative estimate of drug-likeness (QED) is 0.450. The lowest BCUT2D eigenvalue weighted by Crippen LogP contribution is -2.58. The number of hydrogen-bond donors (Lipinski definition) is 3. The summed E-state index contributed by atoms with van der Waals surface area (Å²) in [4.78, 5) is 23.7. The van der Waals surface area contributed by atoms with Crippen molar-refractivity contribution in [2.45, 2.75) is 70.9 Å². The van der Waals surface area contributed by atoms with Gasteiger partial charge in [0.1, 0.15) is 11.6 Å². The van der Waals surface area contributed by atoms with Gasteiger partial charge in [-0.1, -0.05) is 13.8 Å². The Morgan fingerprint density at radius 1 is 1.21 bits per heavy atom. The van der Waals surface area contributed by atoms with Gasteiger partial charge in [0.25, 0.3) is 0 Å². The highest BCUT2D eigenvalue weighted by Crippen LogP contribution is 2.28. The van der Waals surface area contributed by atoms with Crippen LogP contribution < -0.4 is 10.6 Å². The number of benzene rings is 1. The van der Waals surface area contributed by atoms with Gasteiger partial charge in [0, 0.05) is 30.6 Å². The van der Waals surface area contributed by atoms with Gasteiger partial charge in [0.15, 0.2) is 0 Å². The number of carboxylic acid groups (broad SMARTS) is 1. The van der Waals surface area contributed by atoms with Crippen LogP contribution in [0.25, 0.3) is 11.1 Å². The van der Waals surface area contributed by atoms with Gasteiger partial charge in [-0.15, -0.1) is 0 Å². The molecule has 3 atom stereocenters. The van der Waals surface area contributed by atoms with Crippen molar-refractivity contribution in [3.8, 4) is 11.1 Å². The van der Waals surface area contributed by atoms with E-state index in [0.29, 0.717) is 5.56 Å². The number of aliphatic carboxylic acids is 1. The lowest BCUT2D eigenvalue weighted by Gasteiger charge is -2.38. The zero-order valence-electron chi connectivity index (χ0n) is 19.4. The summed E-state index contributed by atoms with van der Waals surface area (Å²) >= 11 is 1.44. The zero-order chi connectivity index (χ0) is 24.8. The number of amides is 1. The molecule has 1 aromatic carbocycles. The number of carbonyl (C=O) groups is 2. The van der Waals surface area contributed by atoms with Gasteiger partial charge < -0.3 is 20.5 Å². The van der Waals surface area contributed by atoms with Gasteiger partial charge in [-0.25, -0.2) is 13.6 Å². The highest BCUT2D eigenvalue weighted by Gasteiger charge is 2.37. The Hall–Kier alpha value is -2.62. The van der Waals surface area contributed by atoms with Crippen LogP contribution >= 0.6 is 11.3 Å². The van der Waals surface area contributed by atoms with Crippen molar-refractivity contribution in [1.29, 1.82) is 0 Å². The van der Waals surface area contributed by atoms with Crippen molar-refractivity contribution < 1.29 is 28.2 Å². The molecule has 0 radical (unpaired) electrons. The molecule has 9 heteroatoms. The lowest BCUT2D eigenvalue weighted by atomic mass is 9.87. The van der Waals surface area contributed by atoms with Gasteiger partial charge in [-0.2, -0.15) is 11.3 Å². The topological polar surface area (TPSA) is 87.7 Å². The summed E-state index contributed by atoms with van der Waals surface area (Å²) in [5.74, 6) is -2.79. The first kappa shape index (κ1) is 26.0. The molecule has 0 bridgehead atoms. The van der Waals surface area contributed by atoms with E-state index in [9.17, 15) is 23.5 Å². The maximum atomic E-state index is 14.8. The Balaban J connectivity index is 1.85. The Labute approximate surface area is 202 Å². The minimum Gasteiger partial charge on any atom is -0.478 e. The van der Waals surface area contributed by atoms with Crippen molar-refractivity contribution in [1.82, 2.24) is 10.6 Å². The van der Waals surface area contributed by atoms with Crippen molar-refractivity contribution in [3.05, 3.63) is 57.8 Å². The van der Waals surface area contributed by atoms with E-state index in [0.717, 1.165) is 18.4 Å². The summed E-state index contributed by atoms with van der Waals surface area (Å²) in [7, 11) is 0. The van der Waals surface area contributed by atoms with Crippen LogP contribution in [0.1, 0.15) is 45.6 Å². The molecule has 0 unspecified atom stereocenters. The fourth-order valence-corrected chi connectivity index (χ4v) is 4.83. The third-order valence-corrected chi connectivity index (χ3v) is 6.72. The summed E-state index contributed by atoms with van der Waals surface area (Å²) < 4.78 is 35.8. The van der Waals surface area contributed by atoms with Crippen molar-refractivity contribution >= 4 is 23.2 Å². The second-order valence-corrected chi connectivity index (χ2v) is 9.16. The highest BCUT2D eigenvalue weighted by molar-refractivity contribution is 7.08. The molecular formula is C25H30F2N2O4S. The molecule has 1 amide bonds. The third-order valence-electron chi connectivity index (χ3n) is 6.03. The van der Waals surface area contributed by atoms with E-state index in [4.69, 9.17) is 4.74 Å². The van der Waals surface area contributed by atoms with Gasteiger partial charge in [0.2, 0.25) is 5.91 Å². The summed E-state index contributed by atoms with van der Waals surface area (Å²) in [6, 6.07) is 3.16. The Bertz CT molecular complexity index is 1010. The van der Waals surface area contributed by atoms with Crippen LogP contribution in [0, 0.1) is 11.6 Å². The maximum Gasteiger partial charge on any atom is 0.331 e. The fraction of sp³-hybridized carbons (Fsp3) is 0.440. The third kappa shape index (κ3) is 6.28. The average Bonchev–Trinajstić information content (AvgIpc) is 3.32. The van der Waals surface area contributed by atoms with E-state index in [-0.39, 0.29) is 36.1 Å². The summed E-state index contributed by atoms with van der Waals surface area (Å²) in [6.45, 7) is 5.12. The average molecular weight is 493 g/mol. The van der Waals surface area contributed by atoms with E-state index >= 15 is 0 Å². The molecule has 0 aliphatic heterocycles. The summed E-state index contributed by atoms with van der Waals surface area (Å²) in [5.41, 5.74) is 1.16. The molecule has 34 heavy (non-hydrogen) atoms. The van der Waals surface area contributed by atoms with Crippen LogP contribution in [0.4, 0.5) is 8.78 Å². The first-order valence-corrected chi connectivity index (χ1v) is 12.3. The number of nitrogens with one attached hydrogen (secondary N) is 2. The van der Waals surface area contributed by atoms with Gasteiger partial charge in [-0.3, -0.25) is 4.79 Å². The van der Waals surface area contributed by atoms with Crippen molar-refractivity contribution in [2.24, 2.45) is 0 Å². The van der Waals surface area contributed by atoms with E-state index in [1.165, 1.54) is 36.5 Å². The number of rotatable bonds is 10. The number of thiophene rings is 1. The molecule has 3 N–H and O–H groups in total. The lowest BCUT2D eigenvalue weighted by molar-refractivity contribution is -0.133. The summed E-state index contributed by atoms with van der Waals surface area (Å²) in [6.07, 6.45) is 2.23. The van der Waals surface area contributed by atoms with E-state index in [2.05, 4.69) is 10.6 Å². The van der Waals surface area contributed by atoms with E-state index in [1.807, 2.05) is 24.6 Å². The molecule has 1 aliphatic rings. The number of carboxylic acids is 1. The predicted molar refractivity (Wildman–Crippen MR) is 127 cm³/mol. The Morgan fingerprint density at radius 3 is 2.41 bits per heavy atom. The molecule has 0 fully saturated rings. The monoisotopic (exact) mass is 492 g/mol. The Kier molecular flexibility index (Phi) is 8.93. The van der Waals surface area contributed by atoms with Crippen LogP contribution in [0.3, 0.4) is 0 Å². The molecule has 2 aromatic rings. The van der Waals surface area contributed by atoms with Crippen LogP contribution in [0.2, 0.25) is 0 Å².